The van der Waals surface area contributed by atoms with E-state index < -0.39 is 0 Å². The molecule has 0 bridgehead atoms. The first-order valence-corrected chi connectivity index (χ1v) is 6.86. The quantitative estimate of drug-likeness (QED) is 0.878. The van der Waals surface area contributed by atoms with Crippen molar-refractivity contribution < 1.29 is 9.50 Å². The summed E-state index contributed by atoms with van der Waals surface area (Å²) in [5.74, 6) is -0.213. The van der Waals surface area contributed by atoms with E-state index in [4.69, 9.17) is 0 Å². The van der Waals surface area contributed by atoms with E-state index in [1.54, 1.807) is 0 Å². The zero-order valence-electron chi connectivity index (χ0n) is 11.7. The van der Waals surface area contributed by atoms with Crippen LogP contribution in [0, 0.1) is 11.2 Å². The number of benzene rings is 1. The fourth-order valence-electron chi connectivity index (χ4n) is 2.68. The lowest BCUT2D eigenvalue weighted by molar-refractivity contribution is 0.272. The first-order valence-electron chi connectivity index (χ1n) is 6.86. The Kier molecular flexibility index (Phi) is 4.42. The van der Waals surface area contributed by atoms with Gasteiger partial charge in [0.15, 0.2) is 0 Å². The predicted molar refractivity (Wildman–Crippen MR) is 75.9 cm³/mol. The van der Waals surface area contributed by atoms with Crippen LogP contribution in [0.5, 0.6) is 0 Å². The van der Waals surface area contributed by atoms with Gasteiger partial charge in [-0.15, -0.1) is 0 Å². The van der Waals surface area contributed by atoms with Crippen LogP contribution in [0.15, 0.2) is 24.3 Å². The lowest BCUT2D eigenvalue weighted by Crippen LogP contribution is -2.42. The molecule has 0 aromatic heterocycles. The molecule has 19 heavy (non-hydrogen) atoms. The van der Waals surface area contributed by atoms with Crippen LogP contribution in [0.3, 0.4) is 0 Å². The van der Waals surface area contributed by atoms with Crippen LogP contribution in [-0.4, -0.2) is 37.4 Å². The highest BCUT2D eigenvalue weighted by molar-refractivity contribution is 5.48. The lowest BCUT2D eigenvalue weighted by Gasteiger charge is -2.35. The van der Waals surface area contributed by atoms with E-state index in [2.05, 4.69) is 24.1 Å². The first kappa shape index (κ1) is 14.3. The second-order valence-corrected chi connectivity index (χ2v) is 6.07. The highest BCUT2D eigenvalue weighted by Gasteiger charge is 2.30. The van der Waals surface area contributed by atoms with Crippen molar-refractivity contribution in [2.24, 2.45) is 5.41 Å². The normalized spacial score (nSPS) is 23.2. The topological polar surface area (TPSA) is 35.5 Å². The van der Waals surface area contributed by atoms with Crippen LogP contribution in [0.1, 0.15) is 20.3 Å². The molecule has 1 atom stereocenters. The standard InChI is InChI=1S/C15H23FN2O/c1-15(2)10-17-9-14(7-8-19)18(11-15)13-5-3-12(16)4-6-13/h3-6,14,17,19H,7-11H2,1-2H3. The molecule has 1 aliphatic rings. The first-order chi connectivity index (χ1) is 9.02. The highest BCUT2D eigenvalue weighted by atomic mass is 19.1. The van der Waals surface area contributed by atoms with E-state index in [0.717, 1.165) is 31.7 Å². The number of nitrogens with zero attached hydrogens (tertiary/aromatic N) is 1. The third kappa shape index (κ3) is 3.67. The van der Waals surface area contributed by atoms with Crippen molar-refractivity contribution in [3.05, 3.63) is 30.1 Å². The second-order valence-electron chi connectivity index (χ2n) is 6.07. The number of rotatable bonds is 3. The lowest BCUT2D eigenvalue weighted by atomic mass is 9.92. The van der Waals surface area contributed by atoms with Gasteiger partial charge in [-0.05, 0) is 36.1 Å². The second kappa shape index (κ2) is 5.88. The Morgan fingerprint density at radius 1 is 1.37 bits per heavy atom. The van der Waals surface area contributed by atoms with Gasteiger partial charge in [0.1, 0.15) is 5.82 Å². The van der Waals surface area contributed by atoms with Gasteiger partial charge in [-0.25, -0.2) is 4.39 Å². The Balaban J connectivity index is 2.26. The maximum Gasteiger partial charge on any atom is 0.123 e. The number of hydrogen-bond acceptors (Lipinski definition) is 3. The van der Waals surface area contributed by atoms with Crippen molar-refractivity contribution in [1.82, 2.24) is 5.32 Å². The van der Waals surface area contributed by atoms with E-state index in [1.165, 1.54) is 12.1 Å². The van der Waals surface area contributed by atoms with Gasteiger partial charge in [0.2, 0.25) is 0 Å². The predicted octanol–water partition coefficient (Wildman–Crippen LogP) is 2.01. The Bertz CT molecular complexity index is 405. The maximum absolute atomic E-state index is 13.1. The zero-order chi connectivity index (χ0) is 13.9. The van der Waals surface area contributed by atoms with Crippen molar-refractivity contribution in [1.29, 1.82) is 0 Å². The van der Waals surface area contributed by atoms with Gasteiger partial charge in [-0.2, -0.15) is 0 Å². The number of nitrogens with one attached hydrogen (secondary N) is 1. The molecule has 1 aromatic carbocycles. The third-order valence-electron chi connectivity index (χ3n) is 3.64. The number of aliphatic hydroxyl groups excluding tert-OH is 1. The van der Waals surface area contributed by atoms with E-state index >= 15 is 0 Å². The number of aliphatic hydroxyl groups is 1. The Hall–Kier alpha value is -1.13. The summed E-state index contributed by atoms with van der Waals surface area (Å²) in [6, 6.07) is 6.88. The van der Waals surface area contributed by atoms with Crippen LogP contribution in [0.25, 0.3) is 0 Å². The zero-order valence-corrected chi connectivity index (χ0v) is 11.7. The molecule has 2 rings (SSSR count). The molecule has 0 aliphatic carbocycles. The fourth-order valence-corrected chi connectivity index (χ4v) is 2.68. The Morgan fingerprint density at radius 2 is 2.05 bits per heavy atom. The third-order valence-corrected chi connectivity index (χ3v) is 3.64. The molecule has 0 radical (unpaired) electrons. The Labute approximate surface area is 114 Å². The van der Waals surface area contributed by atoms with E-state index in [9.17, 15) is 9.50 Å². The summed E-state index contributed by atoms with van der Waals surface area (Å²) in [6.45, 7) is 7.31. The van der Waals surface area contributed by atoms with E-state index in [1.807, 2.05) is 12.1 Å². The largest absolute Gasteiger partial charge is 0.396 e. The highest BCUT2D eigenvalue weighted by Crippen LogP contribution is 2.27. The van der Waals surface area contributed by atoms with Gasteiger partial charge < -0.3 is 15.3 Å². The van der Waals surface area contributed by atoms with Crippen molar-refractivity contribution in [2.75, 3.05) is 31.1 Å². The molecule has 2 N–H and O–H groups in total. The van der Waals surface area contributed by atoms with Crippen LogP contribution in [0.4, 0.5) is 10.1 Å². The van der Waals surface area contributed by atoms with Crippen molar-refractivity contribution >= 4 is 5.69 Å². The Morgan fingerprint density at radius 3 is 2.68 bits per heavy atom. The molecule has 0 saturated carbocycles. The molecule has 1 heterocycles. The van der Waals surface area contributed by atoms with Gasteiger partial charge in [0.05, 0.1) is 0 Å². The summed E-state index contributed by atoms with van der Waals surface area (Å²) in [6.07, 6.45) is 0.723. The molecule has 1 aliphatic heterocycles. The fraction of sp³-hybridized carbons (Fsp3) is 0.600. The summed E-state index contributed by atoms with van der Waals surface area (Å²) in [7, 11) is 0. The SMILES string of the molecule is CC1(C)CNCC(CCO)N(c2ccc(F)cc2)C1. The molecule has 1 fully saturated rings. The molecule has 0 amide bonds. The van der Waals surface area contributed by atoms with Gasteiger partial charge in [-0.1, -0.05) is 13.8 Å². The summed E-state index contributed by atoms with van der Waals surface area (Å²) in [4.78, 5) is 2.29. The summed E-state index contributed by atoms with van der Waals surface area (Å²) in [5.41, 5.74) is 1.18. The monoisotopic (exact) mass is 266 g/mol. The average molecular weight is 266 g/mol. The van der Waals surface area contributed by atoms with Crippen LogP contribution < -0.4 is 10.2 Å². The molecule has 0 spiro atoms. The molecule has 1 aromatic rings. The van der Waals surface area contributed by atoms with E-state index in [0.29, 0.717) is 0 Å². The number of hydrogen-bond donors (Lipinski definition) is 2. The van der Waals surface area contributed by atoms with Crippen molar-refractivity contribution in [3.63, 3.8) is 0 Å². The molecule has 1 unspecified atom stereocenters. The molecular weight excluding hydrogens is 243 g/mol. The van der Waals surface area contributed by atoms with Crippen LogP contribution in [-0.2, 0) is 0 Å². The number of halogens is 1. The van der Waals surface area contributed by atoms with Crippen LogP contribution in [0.2, 0.25) is 0 Å². The smallest absolute Gasteiger partial charge is 0.123 e. The van der Waals surface area contributed by atoms with Crippen molar-refractivity contribution in [3.8, 4) is 0 Å². The molecule has 3 nitrogen and oxygen atoms in total. The number of anilines is 1. The van der Waals surface area contributed by atoms with Gasteiger partial charge in [-0.3, -0.25) is 0 Å². The molecule has 106 valence electrons. The van der Waals surface area contributed by atoms with Gasteiger partial charge in [0, 0.05) is 38.0 Å². The summed E-state index contributed by atoms with van der Waals surface area (Å²) >= 11 is 0. The van der Waals surface area contributed by atoms with Crippen molar-refractivity contribution in [2.45, 2.75) is 26.3 Å². The maximum atomic E-state index is 13.1. The minimum atomic E-state index is -0.213. The van der Waals surface area contributed by atoms with E-state index in [-0.39, 0.29) is 23.9 Å². The minimum Gasteiger partial charge on any atom is -0.396 e. The summed E-state index contributed by atoms with van der Waals surface area (Å²) < 4.78 is 13.1. The molecule has 4 heteroatoms. The molecular formula is C15H23FN2O. The summed E-state index contributed by atoms with van der Waals surface area (Å²) in [5, 5.41) is 12.7. The van der Waals surface area contributed by atoms with Gasteiger partial charge >= 0.3 is 0 Å². The average Bonchev–Trinajstić information content (AvgIpc) is 2.50. The minimum absolute atomic E-state index is 0.151. The van der Waals surface area contributed by atoms with Crippen LogP contribution >= 0.6 is 0 Å². The van der Waals surface area contributed by atoms with Gasteiger partial charge in [0.25, 0.3) is 0 Å². The molecule has 1 saturated heterocycles.